The summed E-state index contributed by atoms with van der Waals surface area (Å²) in [4.78, 5) is 18.9. The van der Waals surface area contributed by atoms with E-state index in [4.69, 9.17) is 9.47 Å². The predicted molar refractivity (Wildman–Crippen MR) is 77.7 cm³/mol. The number of likely N-dealkylation sites (tertiary alicyclic amines) is 1. The molecule has 2 heterocycles. The van der Waals surface area contributed by atoms with Gasteiger partial charge in [0.15, 0.2) is 0 Å². The van der Waals surface area contributed by atoms with Crippen LogP contribution in [0.25, 0.3) is 0 Å². The monoisotopic (exact) mass is 298 g/mol. The zero-order valence-corrected chi connectivity index (χ0v) is 13.1. The summed E-state index contributed by atoms with van der Waals surface area (Å²) in [5.74, 6) is 0. The van der Waals surface area contributed by atoms with Gasteiger partial charge < -0.3 is 14.4 Å². The Bertz CT molecular complexity index is 428. The molecule has 0 bridgehead atoms. The van der Waals surface area contributed by atoms with E-state index in [0.717, 1.165) is 24.3 Å². The number of hydrogen-bond acceptors (Lipinski definition) is 5. The lowest BCUT2D eigenvalue weighted by atomic mass is 10.1. The smallest absolute Gasteiger partial charge is 0.410 e. The fourth-order valence-corrected chi connectivity index (χ4v) is 2.59. The molecule has 1 aliphatic heterocycles. The number of ether oxygens (including phenoxy) is 2. The van der Waals surface area contributed by atoms with Crippen LogP contribution in [0.1, 0.15) is 38.5 Å². The molecule has 1 aliphatic rings. The molecular formula is C14H22N2O3S. The number of rotatable bonds is 3. The van der Waals surface area contributed by atoms with Crippen molar-refractivity contribution in [3.8, 4) is 0 Å². The quantitative estimate of drug-likeness (QED) is 0.860. The van der Waals surface area contributed by atoms with E-state index in [-0.39, 0.29) is 12.2 Å². The maximum absolute atomic E-state index is 12.0. The summed E-state index contributed by atoms with van der Waals surface area (Å²) in [5, 5.41) is 0. The molecule has 1 aromatic heterocycles. The SMILES string of the molecule is CC(C)(C)OC(=O)N1CCC[C@@H](OCc2cncs2)C1. The van der Waals surface area contributed by atoms with Crippen molar-refractivity contribution in [3.63, 3.8) is 0 Å². The second-order valence-electron chi connectivity index (χ2n) is 5.97. The maximum atomic E-state index is 12.0. The van der Waals surface area contributed by atoms with Gasteiger partial charge in [-0.2, -0.15) is 0 Å². The highest BCUT2D eigenvalue weighted by atomic mass is 32.1. The Labute approximate surface area is 123 Å². The number of hydrogen-bond donors (Lipinski definition) is 0. The van der Waals surface area contributed by atoms with E-state index in [9.17, 15) is 4.79 Å². The van der Waals surface area contributed by atoms with E-state index in [1.54, 1.807) is 21.7 Å². The van der Waals surface area contributed by atoms with E-state index in [2.05, 4.69) is 4.98 Å². The van der Waals surface area contributed by atoms with Crippen LogP contribution in [0.3, 0.4) is 0 Å². The lowest BCUT2D eigenvalue weighted by molar-refractivity contribution is -0.0253. The van der Waals surface area contributed by atoms with Gasteiger partial charge in [-0.3, -0.25) is 4.98 Å². The fourth-order valence-electron chi connectivity index (χ4n) is 2.08. The standard InChI is InChI=1S/C14H22N2O3S/c1-14(2,3)19-13(17)16-6-4-5-11(8-16)18-9-12-7-15-10-20-12/h7,10-11H,4-6,8-9H2,1-3H3/t11-/m1/s1. The molecule has 2 rings (SSSR count). The van der Waals surface area contributed by atoms with Crippen LogP contribution in [0.5, 0.6) is 0 Å². The van der Waals surface area contributed by atoms with Crippen molar-refractivity contribution >= 4 is 17.4 Å². The number of thiazole rings is 1. The molecule has 0 unspecified atom stereocenters. The van der Waals surface area contributed by atoms with Crippen LogP contribution in [0.2, 0.25) is 0 Å². The van der Waals surface area contributed by atoms with Crippen LogP contribution in [0, 0.1) is 0 Å². The molecule has 1 aromatic rings. The number of nitrogens with zero attached hydrogens (tertiary/aromatic N) is 2. The third kappa shape index (κ3) is 4.76. The third-order valence-corrected chi connectivity index (χ3v) is 3.73. The summed E-state index contributed by atoms with van der Waals surface area (Å²) in [6, 6.07) is 0. The first kappa shape index (κ1) is 15.3. The molecule has 0 saturated carbocycles. The topological polar surface area (TPSA) is 51.7 Å². The highest BCUT2D eigenvalue weighted by Crippen LogP contribution is 2.18. The molecule has 20 heavy (non-hydrogen) atoms. The molecule has 0 spiro atoms. The van der Waals surface area contributed by atoms with Gasteiger partial charge in [0.05, 0.1) is 29.6 Å². The van der Waals surface area contributed by atoms with Gasteiger partial charge in [-0.05, 0) is 33.6 Å². The van der Waals surface area contributed by atoms with Crippen LogP contribution in [-0.2, 0) is 16.1 Å². The van der Waals surface area contributed by atoms with Crippen molar-refractivity contribution < 1.29 is 14.3 Å². The summed E-state index contributed by atoms with van der Waals surface area (Å²) in [6.07, 6.45) is 3.59. The summed E-state index contributed by atoms with van der Waals surface area (Å²) < 4.78 is 11.3. The third-order valence-electron chi connectivity index (χ3n) is 2.97. The first-order chi connectivity index (χ1) is 9.44. The van der Waals surface area contributed by atoms with Gasteiger partial charge >= 0.3 is 6.09 Å². The zero-order valence-electron chi connectivity index (χ0n) is 12.3. The molecular weight excluding hydrogens is 276 g/mol. The van der Waals surface area contributed by atoms with Crippen molar-refractivity contribution in [1.82, 2.24) is 9.88 Å². The van der Waals surface area contributed by atoms with Crippen LogP contribution >= 0.6 is 11.3 Å². The normalized spacial score (nSPS) is 19.9. The van der Waals surface area contributed by atoms with E-state index < -0.39 is 5.60 Å². The Kier molecular flexibility index (Phi) is 4.99. The second-order valence-corrected chi connectivity index (χ2v) is 6.94. The summed E-state index contributed by atoms with van der Waals surface area (Å²) >= 11 is 1.59. The average Bonchev–Trinajstić information content (AvgIpc) is 2.88. The zero-order chi connectivity index (χ0) is 14.6. The number of carbonyl (C=O) groups is 1. The molecule has 0 N–H and O–H groups in total. The van der Waals surface area contributed by atoms with Crippen molar-refractivity contribution in [2.75, 3.05) is 13.1 Å². The predicted octanol–water partition coefficient (Wildman–Crippen LogP) is 3.06. The van der Waals surface area contributed by atoms with Gasteiger partial charge in [-0.1, -0.05) is 0 Å². The largest absolute Gasteiger partial charge is 0.444 e. The number of aromatic nitrogens is 1. The van der Waals surface area contributed by atoms with Crippen LogP contribution in [0.15, 0.2) is 11.7 Å². The Morgan fingerprint density at radius 3 is 3.00 bits per heavy atom. The Morgan fingerprint density at radius 1 is 1.55 bits per heavy atom. The highest BCUT2D eigenvalue weighted by molar-refractivity contribution is 7.09. The van der Waals surface area contributed by atoms with Crippen LogP contribution in [-0.4, -0.2) is 40.8 Å². The first-order valence-electron chi connectivity index (χ1n) is 6.91. The van der Waals surface area contributed by atoms with Crippen molar-refractivity contribution in [1.29, 1.82) is 0 Å². The van der Waals surface area contributed by atoms with Gasteiger partial charge in [-0.25, -0.2) is 4.79 Å². The molecule has 1 atom stereocenters. The Hall–Kier alpha value is -1.14. The van der Waals surface area contributed by atoms with E-state index in [1.165, 1.54) is 0 Å². The van der Waals surface area contributed by atoms with E-state index in [0.29, 0.717) is 13.2 Å². The van der Waals surface area contributed by atoms with Gasteiger partial charge in [0.2, 0.25) is 0 Å². The maximum Gasteiger partial charge on any atom is 0.410 e. The number of piperidine rings is 1. The fraction of sp³-hybridized carbons (Fsp3) is 0.714. The van der Waals surface area contributed by atoms with Crippen molar-refractivity contribution in [2.45, 2.75) is 51.9 Å². The van der Waals surface area contributed by atoms with Crippen LogP contribution < -0.4 is 0 Å². The number of amides is 1. The molecule has 1 amide bonds. The van der Waals surface area contributed by atoms with Crippen molar-refractivity contribution in [3.05, 3.63) is 16.6 Å². The minimum Gasteiger partial charge on any atom is -0.444 e. The van der Waals surface area contributed by atoms with E-state index >= 15 is 0 Å². The molecule has 0 aliphatic carbocycles. The summed E-state index contributed by atoms with van der Waals surface area (Å²) in [5.41, 5.74) is 1.35. The molecule has 0 aromatic carbocycles. The highest BCUT2D eigenvalue weighted by Gasteiger charge is 2.27. The lowest BCUT2D eigenvalue weighted by Crippen LogP contribution is -2.45. The molecule has 1 saturated heterocycles. The van der Waals surface area contributed by atoms with Gasteiger partial charge in [0.1, 0.15) is 5.60 Å². The minimum absolute atomic E-state index is 0.0818. The summed E-state index contributed by atoms with van der Waals surface area (Å²) in [7, 11) is 0. The van der Waals surface area contributed by atoms with Gasteiger partial charge in [0.25, 0.3) is 0 Å². The first-order valence-corrected chi connectivity index (χ1v) is 7.79. The molecule has 5 nitrogen and oxygen atoms in total. The second kappa shape index (κ2) is 6.54. The molecule has 1 fully saturated rings. The molecule has 6 heteroatoms. The lowest BCUT2D eigenvalue weighted by Gasteiger charge is -2.33. The van der Waals surface area contributed by atoms with Crippen LogP contribution in [0.4, 0.5) is 4.79 Å². The average molecular weight is 298 g/mol. The molecule has 112 valence electrons. The minimum atomic E-state index is -0.451. The Balaban J connectivity index is 1.80. The number of carbonyl (C=O) groups excluding carboxylic acids is 1. The van der Waals surface area contributed by atoms with Crippen molar-refractivity contribution in [2.24, 2.45) is 0 Å². The Morgan fingerprint density at radius 2 is 2.35 bits per heavy atom. The van der Waals surface area contributed by atoms with Gasteiger partial charge in [0, 0.05) is 12.7 Å². The van der Waals surface area contributed by atoms with E-state index in [1.807, 2.05) is 27.0 Å². The molecule has 0 radical (unpaired) electrons. The van der Waals surface area contributed by atoms with Gasteiger partial charge in [-0.15, -0.1) is 11.3 Å². The summed E-state index contributed by atoms with van der Waals surface area (Å²) in [6.45, 7) is 7.56.